The lowest BCUT2D eigenvalue weighted by molar-refractivity contribution is -0.117. The van der Waals surface area contributed by atoms with Crippen LogP contribution < -0.4 is 5.32 Å². The number of carbonyl (C=O) groups excluding carboxylic acids is 1. The van der Waals surface area contributed by atoms with Crippen LogP contribution in [0.5, 0.6) is 0 Å². The normalized spacial score (nSPS) is 11.5. The number of anilines is 1. The van der Waals surface area contributed by atoms with Crippen LogP contribution in [0, 0.1) is 26.2 Å². The maximum absolute atomic E-state index is 11.9. The number of para-hydroxylation sites is 1. The maximum atomic E-state index is 11.9. The van der Waals surface area contributed by atoms with Crippen molar-refractivity contribution in [1.82, 2.24) is 9.80 Å². The maximum Gasteiger partial charge on any atom is 0.238 e. The highest BCUT2D eigenvalue weighted by Crippen LogP contribution is 2.19. The van der Waals surface area contributed by atoms with E-state index in [9.17, 15) is 4.79 Å². The van der Waals surface area contributed by atoms with E-state index in [1.165, 1.54) is 5.56 Å². The molecule has 0 aliphatic rings. The van der Waals surface area contributed by atoms with Crippen LogP contribution in [-0.4, -0.2) is 55.0 Å². The van der Waals surface area contributed by atoms with E-state index in [4.69, 9.17) is 6.42 Å². The fourth-order valence-corrected chi connectivity index (χ4v) is 3.25. The molecule has 31 heavy (non-hydrogen) atoms. The Labute approximate surface area is 189 Å². The third kappa shape index (κ3) is 9.83. The van der Waals surface area contributed by atoms with Crippen molar-refractivity contribution in [3.63, 3.8) is 0 Å². The summed E-state index contributed by atoms with van der Waals surface area (Å²) in [6, 6.07) is 17.0. The molecule has 0 spiro atoms. The van der Waals surface area contributed by atoms with Crippen LogP contribution in [0.25, 0.3) is 0 Å². The van der Waals surface area contributed by atoms with E-state index in [2.05, 4.69) is 73.1 Å². The van der Waals surface area contributed by atoms with Gasteiger partial charge in [-0.25, -0.2) is 0 Å². The van der Waals surface area contributed by atoms with E-state index in [0.29, 0.717) is 19.1 Å². The topological polar surface area (TPSA) is 35.6 Å². The van der Waals surface area contributed by atoms with Crippen LogP contribution in [-0.2, 0) is 11.2 Å². The van der Waals surface area contributed by atoms with E-state index in [1.807, 2.05) is 38.1 Å². The van der Waals surface area contributed by atoms with Gasteiger partial charge in [0.05, 0.1) is 13.1 Å². The number of carbonyl (C=O) groups is 1. The number of likely N-dealkylation sites (N-methyl/N-ethyl adjacent to an activating group) is 2. The molecule has 2 aromatic rings. The predicted octanol–water partition coefficient (Wildman–Crippen LogP) is 4.77. The second-order valence-corrected chi connectivity index (χ2v) is 7.93. The Morgan fingerprint density at radius 3 is 2.13 bits per heavy atom. The van der Waals surface area contributed by atoms with Gasteiger partial charge in [-0.1, -0.05) is 68.3 Å². The van der Waals surface area contributed by atoms with Crippen LogP contribution in [0.4, 0.5) is 5.69 Å². The molecule has 0 fully saturated rings. The van der Waals surface area contributed by atoms with Crippen molar-refractivity contribution >= 4 is 11.6 Å². The standard InChI is InChI=1S/C14H22N2O.C13H17N/c1-5-16(6-2)10-13(17)15-14-11(3)8-7-9-12(14)4;1-4-10-14(3)12(2)11-13-8-6-5-7-9-13/h7-9H,5-6,10H2,1-4H3,(H,15,17);1,5-9,12H,10-11H2,2-3H3/t;12-/m.1/s1. The van der Waals surface area contributed by atoms with Crippen molar-refractivity contribution in [2.45, 2.75) is 47.1 Å². The molecule has 4 nitrogen and oxygen atoms in total. The average Bonchev–Trinajstić information content (AvgIpc) is 2.76. The molecule has 0 heterocycles. The quantitative estimate of drug-likeness (QED) is 0.593. The van der Waals surface area contributed by atoms with Crippen molar-refractivity contribution in [2.24, 2.45) is 0 Å². The predicted molar refractivity (Wildman–Crippen MR) is 133 cm³/mol. The van der Waals surface area contributed by atoms with Gasteiger partial charge in [-0.2, -0.15) is 0 Å². The highest BCUT2D eigenvalue weighted by Gasteiger charge is 2.10. The number of rotatable bonds is 9. The Kier molecular flexibility index (Phi) is 12.3. The molecular weight excluding hydrogens is 382 g/mol. The number of benzene rings is 2. The van der Waals surface area contributed by atoms with Gasteiger partial charge in [0.25, 0.3) is 0 Å². The first-order chi connectivity index (χ1) is 14.8. The summed E-state index contributed by atoms with van der Waals surface area (Å²) >= 11 is 0. The smallest absolute Gasteiger partial charge is 0.238 e. The minimum atomic E-state index is 0.0612. The van der Waals surface area contributed by atoms with Crippen LogP contribution >= 0.6 is 0 Å². The molecule has 1 atom stereocenters. The van der Waals surface area contributed by atoms with Gasteiger partial charge < -0.3 is 5.32 Å². The van der Waals surface area contributed by atoms with Crippen LogP contribution in [0.15, 0.2) is 48.5 Å². The zero-order valence-electron chi connectivity index (χ0n) is 20.1. The Morgan fingerprint density at radius 2 is 1.61 bits per heavy atom. The lowest BCUT2D eigenvalue weighted by Crippen LogP contribution is -2.33. The average molecular weight is 422 g/mol. The summed E-state index contributed by atoms with van der Waals surface area (Å²) < 4.78 is 0. The third-order valence-corrected chi connectivity index (χ3v) is 5.47. The number of nitrogens with one attached hydrogen (secondary N) is 1. The summed E-state index contributed by atoms with van der Waals surface area (Å²) in [6.45, 7) is 13.3. The minimum absolute atomic E-state index is 0.0612. The summed E-state index contributed by atoms with van der Waals surface area (Å²) in [5.41, 5.74) is 4.53. The van der Waals surface area contributed by atoms with Gasteiger partial charge in [0.2, 0.25) is 5.91 Å². The number of aryl methyl sites for hydroxylation is 2. The van der Waals surface area contributed by atoms with Gasteiger partial charge in [0, 0.05) is 11.7 Å². The largest absolute Gasteiger partial charge is 0.324 e. The number of terminal acetylenes is 1. The van der Waals surface area contributed by atoms with E-state index in [1.54, 1.807) is 0 Å². The second-order valence-electron chi connectivity index (χ2n) is 7.93. The molecule has 0 aliphatic heterocycles. The van der Waals surface area contributed by atoms with Crippen molar-refractivity contribution in [3.8, 4) is 12.3 Å². The highest BCUT2D eigenvalue weighted by molar-refractivity contribution is 5.93. The zero-order valence-corrected chi connectivity index (χ0v) is 20.1. The molecular formula is C27H39N3O. The highest BCUT2D eigenvalue weighted by atomic mass is 16.2. The van der Waals surface area contributed by atoms with Gasteiger partial charge in [0.15, 0.2) is 0 Å². The van der Waals surface area contributed by atoms with Gasteiger partial charge in [-0.05, 0) is 64.0 Å². The first-order valence-electron chi connectivity index (χ1n) is 11.1. The summed E-state index contributed by atoms with van der Waals surface area (Å²) in [6.07, 6.45) is 6.32. The monoisotopic (exact) mass is 421 g/mol. The molecule has 0 aliphatic carbocycles. The number of hydrogen-bond acceptors (Lipinski definition) is 3. The summed E-state index contributed by atoms with van der Waals surface area (Å²) in [5, 5.41) is 3.00. The number of hydrogen-bond donors (Lipinski definition) is 1. The molecule has 168 valence electrons. The van der Waals surface area contributed by atoms with Crippen molar-refractivity contribution in [2.75, 3.05) is 38.5 Å². The molecule has 0 aromatic heterocycles. The van der Waals surface area contributed by atoms with Crippen LogP contribution in [0.3, 0.4) is 0 Å². The molecule has 0 radical (unpaired) electrons. The summed E-state index contributed by atoms with van der Waals surface area (Å²) in [4.78, 5) is 16.2. The number of amides is 1. The zero-order chi connectivity index (χ0) is 23.2. The molecule has 1 amide bonds. The van der Waals surface area contributed by atoms with Crippen molar-refractivity contribution in [1.29, 1.82) is 0 Å². The van der Waals surface area contributed by atoms with Gasteiger partial charge >= 0.3 is 0 Å². The fourth-order valence-electron chi connectivity index (χ4n) is 3.25. The van der Waals surface area contributed by atoms with Crippen molar-refractivity contribution in [3.05, 3.63) is 65.2 Å². The second kappa shape index (κ2) is 14.4. The minimum Gasteiger partial charge on any atom is -0.324 e. The fraction of sp³-hybridized carbons (Fsp3) is 0.444. The Hall–Kier alpha value is -2.61. The van der Waals surface area contributed by atoms with Crippen LogP contribution in [0.2, 0.25) is 0 Å². The summed E-state index contributed by atoms with van der Waals surface area (Å²) in [7, 11) is 2.06. The van der Waals surface area contributed by atoms with E-state index in [0.717, 1.165) is 36.3 Å². The Balaban J connectivity index is 0.000000316. The van der Waals surface area contributed by atoms with E-state index in [-0.39, 0.29) is 5.91 Å². The van der Waals surface area contributed by atoms with Gasteiger partial charge in [0.1, 0.15) is 0 Å². The molecule has 4 heteroatoms. The van der Waals surface area contributed by atoms with Crippen molar-refractivity contribution < 1.29 is 4.79 Å². The lowest BCUT2D eigenvalue weighted by Gasteiger charge is -2.22. The summed E-state index contributed by atoms with van der Waals surface area (Å²) in [5.74, 6) is 2.72. The Bertz CT molecular complexity index is 802. The van der Waals surface area contributed by atoms with E-state index >= 15 is 0 Å². The SMILES string of the molecule is C#CCN(C)[C@H](C)Cc1ccccc1.CCN(CC)CC(=O)Nc1c(C)cccc1C. The molecule has 0 saturated carbocycles. The third-order valence-electron chi connectivity index (χ3n) is 5.47. The molecule has 0 saturated heterocycles. The molecule has 1 N–H and O–H groups in total. The van der Waals surface area contributed by atoms with Gasteiger partial charge in [-0.3, -0.25) is 14.6 Å². The first-order valence-corrected chi connectivity index (χ1v) is 11.1. The van der Waals surface area contributed by atoms with Crippen LogP contribution in [0.1, 0.15) is 37.5 Å². The Morgan fingerprint density at radius 1 is 1.03 bits per heavy atom. The molecule has 2 aromatic carbocycles. The van der Waals surface area contributed by atoms with Gasteiger partial charge in [-0.15, -0.1) is 6.42 Å². The molecule has 2 rings (SSSR count). The number of nitrogens with zero attached hydrogens (tertiary/aromatic N) is 2. The molecule has 0 unspecified atom stereocenters. The lowest BCUT2D eigenvalue weighted by atomic mass is 10.1. The van der Waals surface area contributed by atoms with E-state index < -0.39 is 0 Å². The molecule has 0 bridgehead atoms. The first kappa shape index (κ1) is 26.4.